The third-order valence-electron chi connectivity index (χ3n) is 5.76. The number of carbonyl (C=O) groups is 2. The number of amides is 2. The molecule has 0 aromatic heterocycles. The molecule has 4 atom stereocenters. The smallest absolute Gasteiger partial charge is 0.234 e. The van der Waals surface area contributed by atoms with Crippen LogP contribution in [0.5, 0.6) is 0 Å². The summed E-state index contributed by atoms with van der Waals surface area (Å²) in [6.45, 7) is 2.60. The minimum atomic E-state index is -0.704. The van der Waals surface area contributed by atoms with E-state index in [1.54, 1.807) is 4.90 Å². The van der Waals surface area contributed by atoms with Gasteiger partial charge in [0.25, 0.3) is 0 Å². The highest BCUT2D eigenvalue weighted by Crippen LogP contribution is 2.40. The minimum absolute atomic E-state index is 0.0271. The van der Waals surface area contributed by atoms with E-state index in [2.05, 4.69) is 20.7 Å². The second-order valence-electron chi connectivity index (χ2n) is 7.88. The van der Waals surface area contributed by atoms with Crippen LogP contribution in [0.4, 0.5) is 14.5 Å². The van der Waals surface area contributed by atoms with Gasteiger partial charge >= 0.3 is 0 Å². The molecule has 1 aliphatic carbocycles. The number of hydrogen-bond donors (Lipinski definition) is 2. The Morgan fingerprint density at radius 3 is 2.97 bits per heavy atom. The van der Waals surface area contributed by atoms with Gasteiger partial charge in [-0.2, -0.15) is 5.10 Å². The van der Waals surface area contributed by atoms with Crippen LogP contribution in [0.2, 0.25) is 0 Å². The zero-order valence-corrected chi connectivity index (χ0v) is 18.6. The molecule has 2 amide bonds. The van der Waals surface area contributed by atoms with Crippen LogP contribution in [0.25, 0.3) is 0 Å². The van der Waals surface area contributed by atoms with E-state index < -0.39 is 17.5 Å². The van der Waals surface area contributed by atoms with E-state index >= 15 is 0 Å². The van der Waals surface area contributed by atoms with E-state index in [1.807, 2.05) is 6.92 Å². The molecular weight excluding hydrogens is 448 g/mol. The number of nitrogens with one attached hydrogen (secondary N) is 2. The topological polar surface area (TPSA) is 77.0 Å². The van der Waals surface area contributed by atoms with Gasteiger partial charge in [0.1, 0.15) is 11.6 Å². The summed E-state index contributed by atoms with van der Waals surface area (Å²) in [5.41, 5.74) is 2.83. The third-order valence-corrected chi connectivity index (χ3v) is 7.13. The van der Waals surface area contributed by atoms with Crippen molar-refractivity contribution in [2.24, 2.45) is 11.0 Å². The summed E-state index contributed by atoms with van der Waals surface area (Å²) in [7, 11) is 0. The van der Waals surface area contributed by atoms with E-state index in [0.717, 1.165) is 37.5 Å². The highest BCUT2D eigenvalue weighted by molar-refractivity contribution is 8.14. The first-order chi connectivity index (χ1) is 14.9. The second kappa shape index (κ2) is 9.20. The fraction of sp³-hybridized carbons (Fsp3) is 0.550. The lowest BCUT2D eigenvalue weighted by atomic mass is 9.81. The summed E-state index contributed by atoms with van der Waals surface area (Å²) in [4.78, 5) is 29.3. The van der Waals surface area contributed by atoms with Crippen LogP contribution in [0.1, 0.15) is 32.6 Å². The average Bonchev–Trinajstić information content (AvgIpc) is 3.16. The Balaban J connectivity index is 1.45. The number of hydrazone groups is 1. The third kappa shape index (κ3) is 4.45. The molecule has 168 valence electrons. The largest absolute Gasteiger partial charge is 0.323 e. The first-order valence-electron chi connectivity index (χ1n) is 10.3. The Bertz CT molecular complexity index is 904. The molecule has 1 aromatic rings. The number of amidine groups is 1. The maximum Gasteiger partial charge on any atom is 0.234 e. The van der Waals surface area contributed by atoms with Crippen molar-refractivity contribution >= 4 is 46.0 Å². The van der Waals surface area contributed by atoms with Gasteiger partial charge in [-0.25, -0.2) is 8.78 Å². The predicted molar refractivity (Wildman–Crippen MR) is 116 cm³/mol. The van der Waals surface area contributed by atoms with Crippen molar-refractivity contribution in [3.63, 3.8) is 0 Å². The Kier molecular flexibility index (Phi) is 6.57. The first-order valence-corrected chi connectivity index (χ1v) is 11.7. The fourth-order valence-electron chi connectivity index (χ4n) is 4.41. The standard InChI is InChI=1S/C20H24ClF2N5O2S/c1-2-7-27-18(30)13-8-11(21)3-6-16(13)28-19(27)25-26-20(28)31-10-17(29)24-15-9-12(22)4-5-14(15)23/h4-5,9,11,13,16,19,25H,2-3,6-8,10H2,1H3,(H,24,29). The van der Waals surface area contributed by atoms with Gasteiger partial charge in [0.05, 0.1) is 17.4 Å². The molecule has 2 fully saturated rings. The Hall–Kier alpha value is -2.07. The number of thioether (sulfide) groups is 1. The van der Waals surface area contributed by atoms with Crippen molar-refractivity contribution in [2.45, 2.75) is 50.3 Å². The van der Waals surface area contributed by atoms with Crippen molar-refractivity contribution in [1.29, 1.82) is 0 Å². The highest BCUT2D eigenvalue weighted by atomic mass is 35.5. The Morgan fingerprint density at radius 1 is 1.39 bits per heavy atom. The van der Waals surface area contributed by atoms with Crippen LogP contribution < -0.4 is 10.7 Å². The van der Waals surface area contributed by atoms with Crippen LogP contribution in [-0.2, 0) is 9.59 Å². The molecule has 1 aromatic carbocycles. The van der Waals surface area contributed by atoms with Gasteiger partial charge in [-0.05, 0) is 37.8 Å². The van der Waals surface area contributed by atoms with Crippen LogP contribution in [0, 0.1) is 17.6 Å². The number of alkyl halides is 1. The van der Waals surface area contributed by atoms with Crippen molar-refractivity contribution in [3.05, 3.63) is 29.8 Å². The molecule has 1 saturated heterocycles. The first kappa shape index (κ1) is 22.1. The molecule has 11 heteroatoms. The van der Waals surface area contributed by atoms with Crippen molar-refractivity contribution in [3.8, 4) is 0 Å². The van der Waals surface area contributed by atoms with E-state index in [9.17, 15) is 18.4 Å². The highest BCUT2D eigenvalue weighted by Gasteiger charge is 2.51. The van der Waals surface area contributed by atoms with E-state index in [0.29, 0.717) is 18.1 Å². The molecular formula is C20H24ClF2N5O2S. The van der Waals surface area contributed by atoms with E-state index in [1.165, 1.54) is 11.8 Å². The van der Waals surface area contributed by atoms with Gasteiger partial charge in [0, 0.05) is 24.0 Å². The quantitative estimate of drug-likeness (QED) is 0.645. The number of hydrogen-bond acceptors (Lipinski definition) is 6. The van der Waals surface area contributed by atoms with Gasteiger partial charge in [-0.3, -0.25) is 15.0 Å². The van der Waals surface area contributed by atoms with Gasteiger partial charge in [0.2, 0.25) is 11.8 Å². The number of fused-ring (bicyclic) bond motifs is 3. The maximum absolute atomic E-state index is 13.8. The van der Waals surface area contributed by atoms with Crippen LogP contribution >= 0.6 is 23.4 Å². The number of benzene rings is 1. The van der Waals surface area contributed by atoms with Gasteiger partial charge in [0.15, 0.2) is 11.5 Å². The predicted octanol–water partition coefficient (Wildman–Crippen LogP) is 3.12. The Labute approximate surface area is 188 Å². The average molecular weight is 472 g/mol. The number of nitrogens with zero attached hydrogens (tertiary/aromatic N) is 3. The molecule has 1 saturated carbocycles. The molecule has 0 spiro atoms. The molecule has 4 rings (SSSR count). The molecule has 0 radical (unpaired) electrons. The van der Waals surface area contributed by atoms with E-state index in [-0.39, 0.29) is 41.0 Å². The zero-order chi connectivity index (χ0) is 22.1. The number of halogens is 3. The summed E-state index contributed by atoms with van der Waals surface area (Å²) < 4.78 is 27.1. The summed E-state index contributed by atoms with van der Waals surface area (Å²) in [5, 5.41) is 7.36. The molecule has 3 aliphatic rings. The number of rotatable bonds is 5. The molecule has 2 N–H and O–H groups in total. The summed E-state index contributed by atoms with van der Waals surface area (Å²) in [6, 6.07) is 2.86. The second-order valence-corrected chi connectivity index (χ2v) is 9.44. The monoisotopic (exact) mass is 471 g/mol. The normalized spacial score (nSPS) is 27.4. The number of anilines is 1. The summed E-state index contributed by atoms with van der Waals surface area (Å²) in [5.74, 6) is -1.96. The van der Waals surface area contributed by atoms with Gasteiger partial charge < -0.3 is 15.1 Å². The van der Waals surface area contributed by atoms with Gasteiger partial charge in [-0.1, -0.05) is 18.7 Å². The van der Waals surface area contributed by atoms with Crippen molar-refractivity contribution in [1.82, 2.24) is 15.2 Å². The SMILES string of the molecule is CCCN1C(=O)C2CC(Cl)CCC2N2C(SCC(=O)Nc3cc(F)ccc3F)=NNC12. The maximum atomic E-state index is 13.8. The summed E-state index contributed by atoms with van der Waals surface area (Å²) in [6.07, 6.45) is 2.62. The molecule has 2 aliphatic heterocycles. The minimum Gasteiger partial charge on any atom is -0.323 e. The Morgan fingerprint density at radius 2 is 2.19 bits per heavy atom. The van der Waals surface area contributed by atoms with Gasteiger partial charge in [-0.15, -0.1) is 11.6 Å². The van der Waals surface area contributed by atoms with Crippen LogP contribution in [0.15, 0.2) is 23.3 Å². The van der Waals surface area contributed by atoms with Crippen molar-refractivity contribution in [2.75, 3.05) is 17.6 Å². The zero-order valence-electron chi connectivity index (χ0n) is 17.0. The number of carbonyl (C=O) groups excluding carboxylic acids is 2. The molecule has 4 unspecified atom stereocenters. The molecule has 0 bridgehead atoms. The lowest BCUT2D eigenvalue weighted by Gasteiger charge is -2.51. The molecule has 2 heterocycles. The molecule has 31 heavy (non-hydrogen) atoms. The van der Waals surface area contributed by atoms with E-state index in [4.69, 9.17) is 11.6 Å². The lowest BCUT2D eigenvalue weighted by Crippen LogP contribution is -2.67. The summed E-state index contributed by atoms with van der Waals surface area (Å²) >= 11 is 7.56. The van der Waals surface area contributed by atoms with Crippen LogP contribution in [-0.4, -0.2) is 56.8 Å². The molecule has 7 nitrogen and oxygen atoms in total. The van der Waals surface area contributed by atoms with Crippen LogP contribution in [0.3, 0.4) is 0 Å². The lowest BCUT2D eigenvalue weighted by molar-refractivity contribution is -0.155. The van der Waals surface area contributed by atoms with Crippen molar-refractivity contribution < 1.29 is 18.4 Å². The fourth-order valence-corrected chi connectivity index (χ4v) is 5.56.